The summed E-state index contributed by atoms with van der Waals surface area (Å²) in [5, 5.41) is 8.87. The predicted molar refractivity (Wildman–Crippen MR) is 60.9 cm³/mol. The van der Waals surface area contributed by atoms with E-state index in [2.05, 4.69) is 0 Å². The summed E-state index contributed by atoms with van der Waals surface area (Å²) in [4.78, 5) is 13.5. The lowest BCUT2D eigenvalue weighted by atomic mass is 10.1. The monoisotopic (exact) mass is 230 g/mol. The van der Waals surface area contributed by atoms with E-state index in [0.29, 0.717) is 32.0 Å². The number of carbonyl (C=O) groups excluding carboxylic acids is 1. The molecule has 0 saturated heterocycles. The summed E-state index contributed by atoms with van der Waals surface area (Å²) in [6.45, 7) is 1.35. The Morgan fingerprint density at radius 2 is 2.25 bits per heavy atom. The van der Waals surface area contributed by atoms with E-state index in [-0.39, 0.29) is 18.6 Å². The second-order valence-electron chi connectivity index (χ2n) is 4.30. The maximum Gasteiger partial charge on any atom is 0.224 e. The van der Waals surface area contributed by atoms with Crippen LogP contribution in [0, 0.1) is 5.92 Å². The summed E-state index contributed by atoms with van der Waals surface area (Å²) in [7, 11) is 1.59. The molecule has 0 heterocycles. The smallest absolute Gasteiger partial charge is 0.224 e. The Morgan fingerprint density at radius 1 is 1.56 bits per heavy atom. The van der Waals surface area contributed by atoms with Crippen molar-refractivity contribution in [3.63, 3.8) is 0 Å². The van der Waals surface area contributed by atoms with E-state index in [1.54, 1.807) is 12.0 Å². The maximum atomic E-state index is 11.9. The quantitative estimate of drug-likeness (QED) is 0.594. The summed E-state index contributed by atoms with van der Waals surface area (Å²) in [6, 6.07) is -0.0174. The topological polar surface area (TPSA) is 75.8 Å². The van der Waals surface area contributed by atoms with Crippen LogP contribution < -0.4 is 5.73 Å². The first-order valence-electron chi connectivity index (χ1n) is 5.82. The van der Waals surface area contributed by atoms with Gasteiger partial charge in [0.1, 0.15) is 0 Å². The fourth-order valence-corrected chi connectivity index (χ4v) is 1.71. The molecule has 94 valence electrons. The number of hydrogen-bond acceptors (Lipinski definition) is 4. The first kappa shape index (κ1) is 13.4. The van der Waals surface area contributed by atoms with Crippen molar-refractivity contribution in [2.75, 3.05) is 33.4 Å². The van der Waals surface area contributed by atoms with E-state index in [9.17, 15) is 4.79 Å². The molecule has 1 rings (SSSR count). The minimum absolute atomic E-state index is 0.0174. The summed E-state index contributed by atoms with van der Waals surface area (Å²) < 4.78 is 4.93. The van der Waals surface area contributed by atoms with Crippen LogP contribution in [-0.4, -0.2) is 55.4 Å². The molecule has 0 aliphatic heterocycles. The molecule has 1 saturated carbocycles. The van der Waals surface area contributed by atoms with Crippen molar-refractivity contribution in [1.82, 2.24) is 4.90 Å². The maximum absolute atomic E-state index is 11.9. The lowest BCUT2D eigenvalue weighted by Crippen LogP contribution is -2.40. The zero-order valence-corrected chi connectivity index (χ0v) is 9.89. The van der Waals surface area contributed by atoms with Crippen LogP contribution >= 0.6 is 0 Å². The van der Waals surface area contributed by atoms with E-state index >= 15 is 0 Å². The van der Waals surface area contributed by atoms with Crippen molar-refractivity contribution >= 4 is 5.91 Å². The molecule has 1 atom stereocenters. The normalized spacial score (nSPS) is 17.2. The summed E-state index contributed by atoms with van der Waals surface area (Å²) in [6.07, 6.45) is 2.67. The number of nitrogens with zero attached hydrogens (tertiary/aromatic N) is 1. The van der Waals surface area contributed by atoms with Gasteiger partial charge in [-0.05, 0) is 18.8 Å². The van der Waals surface area contributed by atoms with Crippen molar-refractivity contribution in [2.24, 2.45) is 11.7 Å². The second kappa shape index (κ2) is 6.83. The number of amides is 1. The molecule has 1 fully saturated rings. The van der Waals surface area contributed by atoms with Gasteiger partial charge >= 0.3 is 0 Å². The highest BCUT2D eigenvalue weighted by Gasteiger charge is 2.30. The fraction of sp³-hybridized carbons (Fsp3) is 0.909. The largest absolute Gasteiger partial charge is 0.395 e. The van der Waals surface area contributed by atoms with Crippen LogP contribution in [-0.2, 0) is 9.53 Å². The van der Waals surface area contributed by atoms with Gasteiger partial charge in [-0.3, -0.25) is 4.79 Å². The molecule has 1 amide bonds. The van der Waals surface area contributed by atoms with E-state index in [0.717, 1.165) is 12.8 Å². The Morgan fingerprint density at radius 3 is 2.75 bits per heavy atom. The Bertz CT molecular complexity index is 219. The standard InChI is InChI=1S/C11H22N2O3/c1-16-7-5-13(4-6-14)11(15)8-10(12)9-2-3-9/h9-10,14H,2-8,12H2,1H3. The Kier molecular flexibility index (Phi) is 5.73. The highest BCUT2D eigenvalue weighted by atomic mass is 16.5. The van der Waals surface area contributed by atoms with E-state index in [4.69, 9.17) is 15.6 Å². The molecule has 16 heavy (non-hydrogen) atoms. The molecule has 5 heteroatoms. The highest BCUT2D eigenvalue weighted by Crippen LogP contribution is 2.32. The zero-order valence-electron chi connectivity index (χ0n) is 9.89. The van der Waals surface area contributed by atoms with Crippen molar-refractivity contribution in [2.45, 2.75) is 25.3 Å². The lowest BCUT2D eigenvalue weighted by molar-refractivity contribution is -0.132. The Hall–Kier alpha value is -0.650. The summed E-state index contributed by atoms with van der Waals surface area (Å²) >= 11 is 0. The number of rotatable bonds is 8. The van der Waals surface area contributed by atoms with E-state index in [1.807, 2.05) is 0 Å². The fourth-order valence-electron chi connectivity index (χ4n) is 1.71. The number of aliphatic hydroxyl groups excluding tert-OH is 1. The number of aliphatic hydroxyl groups is 1. The first-order valence-corrected chi connectivity index (χ1v) is 5.82. The van der Waals surface area contributed by atoms with E-state index < -0.39 is 0 Å². The minimum Gasteiger partial charge on any atom is -0.395 e. The van der Waals surface area contributed by atoms with Gasteiger partial charge in [-0.25, -0.2) is 0 Å². The van der Waals surface area contributed by atoms with Crippen molar-refractivity contribution in [3.8, 4) is 0 Å². The zero-order chi connectivity index (χ0) is 12.0. The molecule has 0 aromatic carbocycles. The molecular formula is C11H22N2O3. The Balaban J connectivity index is 2.32. The lowest BCUT2D eigenvalue weighted by Gasteiger charge is -2.23. The minimum atomic E-state index is -0.0197. The number of ether oxygens (including phenoxy) is 1. The summed E-state index contributed by atoms with van der Waals surface area (Å²) in [5.74, 6) is 0.549. The third-order valence-electron chi connectivity index (χ3n) is 2.93. The van der Waals surface area contributed by atoms with Crippen molar-refractivity contribution < 1.29 is 14.6 Å². The predicted octanol–water partition coefficient (Wildman–Crippen LogP) is -0.419. The van der Waals surface area contributed by atoms with E-state index in [1.165, 1.54) is 0 Å². The number of hydrogen-bond donors (Lipinski definition) is 2. The number of methoxy groups -OCH3 is 1. The molecule has 5 nitrogen and oxygen atoms in total. The Labute approximate surface area is 96.6 Å². The molecule has 0 spiro atoms. The number of carbonyl (C=O) groups is 1. The van der Waals surface area contributed by atoms with Gasteiger partial charge in [0.25, 0.3) is 0 Å². The van der Waals surface area contributed by atoms with Crippen LogP contribution in [0.2, 0.25) is 0 Å². The van der Waals surface area contributed by atoms with Gasteiger partial charge < -0.3 is 20.5 Å². The molecule has 0 bridgehead atoms. The average molecular weight is 230 g/mol. The van der Waals surface area contributed by atoms with Crippen molar-refractivity contribution in [3.05, 3.63) is 0 Å². The molecule has 1 aliphatic carbocycles. The van der Waals surface area contributed by atoms with Gasteiger partial charge in [-0.1, -0.05) is 0 Å². The second-order valence-corrected chi connectivity index (χ2v) is 4.30. The third-order valence-corrected chi connectivity index (χ3v) is 2.93. The molecule has 1 aliphatic rings. The molecule has 0 aromatic heterocycles. The number of nitrogens with two attached hydrogens (primary N) is 1. The average Bonchev–Trinajstić information content (AvgIpc) is 3.07. The molecule has 0 radical (unpaired) electrons. The van der Waals surface area contributed by atoms with Crippen LogP contribution in [0.5, 0.6) is 0 Å². The molecule has 3 N–H and O–H groups in total. The van der Waals surface area contributed by atoms with Crippen LogP contribution in [0.25, 0.3) is 0 Å². The van der Waals surface area contributed by atoms with Crippen LogP contribution in [0.3, 0.4) is 0 Å². The molecule has 1 unspecified atom stereocenters. The molecular weight excluding hydrogens is 208 g/mol. The highest BCUT2D eigenvalue weighted by molar-refractivity contribution is 5.76. The van der Waals surface area contributed by atoms with Gasteiger partial charge in [0.15, 0.2) is 0 Å². The van der Waals surface area contributed by atoms with Crippen LogP contribution in [0.4, 0.5) is 0 Å². The van der Waals surface area contributed by atoms with Crippen LogP contribution in [0.1, 0.15) is 19.3 Å². The van der Waals surface area contributed by atoms with Gasteiger partial charge in [0.05, 0.1) is 13.2 Å². The van der Waals surface area contributed by atoms with Crippen LogP contribution in [0.15, 0.2) is 0 Å². The van der Waals surface area contributed by atoms with Gasteiger partial charge in [-0.2, -0.15) is 0 Å². The van der Waals surface area contributed by atoms with Crippen molar-refractivity contribution in [1.29, 1.82) is 0 Å². The van der Waals surface area contributed by atoms with Gasteiger partial charge in [-0.15, -0.1) is 0 Å². The third kappa shape index (κ3) is 4.47. The SMILES string of the molecule is COCCN(CCO)C(=O)CC(N)C1CC1. The first-order chi connectivity index (χ1) is 7.69. The van der Waals surface area contributed by atoms with Gasteiger partial charge in [0.2, 0.25) is 5.91 Å². The summed E-state index contributed by atoms with van der Waals surface area (Å²) in [5.41, 5.74) is 5.90. The van der Waals surface area contributed by atoms with Gasteiger partial charge in [0, 0.05) is 32.7 Å². The molecule has 0 aromatic rings.